The van der Waals surface area contributed by atoms with Gasteiger partial charge in [0.1, 0.15) is 11.3 Å². The largest absolute Gasteiger partial charge is 0.508 e. The summed E-state index contributed by atoms with van der Waals surface area (Å²) in [6.45, 7) is 0. The molecule has 2 N–H and O–H groups in total. The maximum atomic E-state index is 12.2. The Kier molecular flexibility index (Phi) is 6.64. The molecule has 33 heavy (non-hydrogen) atoms. The minimum Gasteiger partial charge on any atom is -0.508 e. The second-order valence-electron chi connectivity index (χ2n) is 6.31. The number of nitrogens with one attached hydrogen (secondary N) is 1. The Labute approximate surface area is 184 Å². The predicted octanol–water partition coefficient (Wildman–Crippen LogP) is 4.32. The summed E-state index contributed by atoms with van der Waals surface area (Å²) in [4.78, 5) is 49.1. The monoisotopic (exact) mass is 451 g/mol. The van der Waals surface area contributed by atoms with Gasteiger partial charge in [-0.1, -0.05) is 0 Å². The number of nitro benzene ring substituents is 2. The molecular formula is C20H13N5O8. The number of non-ortho nitro benzene ring substituents is 1. The first-order valence-corrected chi connectivity index (χ1v) is 9.00. The number of carbonyl (C=O) groups is 2. The van der Waals surface area contributed by atoms with Gasteiger partial charge in [0, 0.05) is 11.6 Å². The van der Waals surface area contributed by atoms with Crippen molar-refractivity contribution in [2.45, 2.75) is 0 Å². The van der Waals surface area contributed by atoms with E-state index >= 15 is 0 Å². The quantitative estimate of drug-likeness (QED) is 0.299. The molecule has 0 fully saturated rings. The van der Waals surface area contributed by atoms with E-state index in [0.717, 1.165) is 12.1 Å². The van der Waals surface area contributed by atoms with Gasteiger partial charge in [-0.2, -0.15) is 0 Å². The van der Waals surface area contributed by atoms with Gasteiger partial charge >= 0.3 is 5.97 Å². The molecule has 0 saturated carbocycles. The normalized spacial score (nSPS) is 10.5. The van der Waals surface area contributed by atoms with Gasteiger partial charge in [-0.05, 0) is 54.6 Å². The lowest BCUT2D eigenvalue weighted by Crippen LogP contribution is -2.12. The van der Waals surface area contributed by atoms with Gasteiger partial charge in [-0.3, -0.25) is 25.0 Å². The van der Waals surface area contributed by atoms with Crippen molar-refractivity contribution in [2.75, 3.05) is 5.48 Å². The molecule has 0 unspecified atom stereocenters. The van der Waals surface area contributed by atoms with Crippen LogP contribution in [-0.4, -0.2) is 26.8 Å². The average Bonchev–Trinajstić information content (AvgIpc) is 2.81. The van der Waals surface area contributed by atoms with Crippen molar-refractivity contribution >= 4 is 34.6 Å². The zero-order valence-corrected chi connectivity index (χ0v) is 16.4. The van der Waals surface area contributed by atoms with Gasteiger partial charge in [0.05, 0.1) is 27.3 Å². The SMILES string of the molecule is O=C(N=Nc1ccc(NOC(=O)c2ccc([N+](=O)[O-])cc2[N+](=O)[O-])cc1)c1ccc(O)cc1. The molecule has 13 nitrogen and oxygen atoms in total. The lowest BCUT2D eigenvalue weighted by molar-refractivity contribution is -0.394. The number of amides is 1. The number of azo groups is 1. The van der Waals surface area contributed by atoms with E-state index in [9.17, 15) is 34.9 Å². The van der Waals surface area contributed by atoms with E-state index in [1.54, 1.807) is 0 Å². The van der Waals surface area contributed by atoms with Gasteiger partial charge in [0.15, 0.2) is 0 Å². The number of hydrogen-bond acceptors (Lipinski definition) is 10. The Balaban J connectivity index is 1.63. The van der Waals surface area contributed by atoms with Crippen LogP contribution in [0.15, 0.2) is 77.0 Å². The maximum Gasteiger partial charge on any atom is 0.369 e. The third-order valence-corrected chi connectivity index (χ3v) is 4.11. The lowest BCUT2D eigenvalue weighted by Gasteiger charge is -2.07. The molecule has 166 valence electrons. The van der Waals surface area contributed by atoms with Gasteiger partial charge in [-0.15, -0.1) is 10.2 Å². The van der Waals surface area contributed by atoms with Crippen molar-refractivity contribution in [3.8, 4) is 5.75 Å². The van der Waals surface area contributed by atoms with Crippen LogP contribution in [0.25, 0.3) is 0 Å². The molecule has 1 amide bonds. The van der Waals surface area contributed by atoms with Crippen molar-refractivity contribution in [1.29, 1.82) is 0 Å². The molecule has 0 saturated heterocycles. The molecule has 0 aliphatic heterocycles. The standard InChI is InChI=1S/C20H13N5O8/c26-16-8-1-12(2-9-16)19(27)22-21-13-3-5-14(6-4-13)23-33-20(28)17-10-7-15(24(29)30)11-18(17)25(31)32/h1-11,23,26H. The summed E-state index contributed by atoms with van der Waals surface area (Å²) in [6, 6.07) is 13.8. The molecule has 0 spiro atoms. The molecule has 3 aromatic carbocycles. The number of aromatic hydroxyl groups is 1. The van der Waals surface area contributed by atoms with Crippen LogP contribution in [0.1, 0.15) is 20.7 Å². The summed E-state index contributed by atoms with van der Waals surface area (Å²) < 4.78 is 0. The Morgan fingerprint density at radius 3 is 2.18 bits per heavy atom. The minimum absolute atomic E-state index is 0.00969. The highest BCUT2D eigenvalue weighted by atomic mass is 16.7. The highest BCUT2D eigenvalue weighted by Gasteiger charge is 2.25. The molecule has 0 aliphatic rings. The molecule has 3 aromatic rings. The molecule has 3 rings (SSSR count). The van der Waals surface area contributed by atoms with Crippen LogP contribution in [0.4, 0.5) is 22.7 Å². The van der Waals surface area contributed by atoms with E-state index < -0.39 is 38.7 Å². The summed E-state index contributed by atoms with van der Waals surface area (Å²) in [5.41, 5.74) is 1.33. The van der Waals surface area contributed by atoms with Crippen LogP contribution in [0.2, 0.25) is 0 Å². The van der Waals surface area contributed by atoms with E-state index in [1.165, 1.54) is 48.5 Å². The highest BCUT2D eigenvalue weighted by Crippen LogP contribution is 2.25. The number of nitro groups is 2. The first-order chi connectivity index (χ1) is 15.7. The maximum absolute atomic E-state index is 12.2. The van der Waals surface area contributed by atoms with Crippen LogP contribution < -0.4 is 5.48 Å². The number of carbonyl (C=O) groups excluding carboxylic acids is 2. The third-order valence-electron chi connectivity index (χ3n) is 4.11. The van der Waals surface area contributed by atoms with Gasteiger partial charge in [-0.25, -0.2) is 10.3 Å². The summed E-state index contributed by atoms with van der Waals surface area (Å²) in [5.74, 6) is -1.73. The van der Waals surface area contributed by atoms with Crippen molar-refractivity contribution in [3.63, 3.8) is 0 Å². The van der Waals surface area contributed by atoms with E-state index in [0.29, 0.717) is 11.8 Å². The smallest absolute Gasteiger partial charge is 0.369 e. The zero-order chi connectivity index (χ0) is 24.0. The molecule has 13 heteroatoms. The number of phenols is 1. The second kappa shape index (κ2) is 9.74. The van der Waals surface area contributed by atoms with Crippen LogP contribution in [0.3, 0.4) is 0 Å². The Hall–Kier alpha value is -5.20. The van der Waals surface area contributed by atoms with Crippen molar-refractivity contribution in [3.05, 3.63) is 98.1 Å². The van der Waals surface area contributed by atoms with E-state index in [4.69, 9.17) is 4.84 Å². The minimum atomic E-state index is -1.13. The third kappa shape index (κ3) is 5.69. The number of phenolic OH excluding ortho intramolecular Hbond substituents is 1. The second-order valence-corrected chi connectivity index (χ2v) is 6.31. The van der Waals surface area contributed by atoms with Gasteiger partial charge in [0.2, 0.25) is 0 Å². The van der Waals surface area contributed by atoms with Crippen LogP contribution >= 0.6 is 0 Å². The fourth-order valence-corrected chi connectivity index (χ4v) is 2.48. The van der Waals surface area contributed by atoms with E-state index in [-0.39, 0.29) is 17.0 Å². The van der Waals surface area contributed by atoms with Gasteiger partial charge in [0.25, 0.3) is 17.3 Å². The summed E-state index contributed by atoms with van der Waals surface area (Å²) in [6.07, 6.45) is 0. The number of nitrogens with zero attached hydrogens (tertiary/aromatic N) is 4. The van der Waals surface area contributed by atoms with Crippen molar-refractivity contribution in [2.24, 2.45) is 10.2 Å². The predicted molar refractivity (Wildman–Crippen MR) is 112 cm³/mol. The summed E-state index contributed by atoms with van der Waals surface area (Å²) >= 11 is 0. The van der Waals surface area contributed by atoms with Crippen molar-refractivity contribution in [1.82, 2.24) is 0 Å². The molecule has 0 bridgehead atoms. The number of rotatable bonds is 7. The lowest BCUT2D eigenvalue weighted by atomic mass is 10.1. The molecule has 0 aliphatic carbocycles. The highest BCUT2D eigenvalue weighted by molar-refractivity contribution is 5.95. The van der Waals surface area contributed by atoms with Crippen molar-refractivity contribution < 1.29 is 29.4 Å². The Morgan fingerprint density at radius 2 is 1.58 bits per heavy atom. The number of benzene rings is 3. The van der Waals surface area contributed by atoms with E-state index in [1.807, 2.05) is 0 Å². The Bertz CT molecular complexity index is 1260. The topological polar surface area (TPSA) is 187 Å². The average molecular weight is 451 g/mol. The number of anilines is 1. The fourth-order valence-electron chi connectivity index (χ4n) is 2.48. The molecule has 0 radical (unpaired) electrons. The first-order valence-electron chi connectivity index (χ1n) is 9.00. The molecule has 0 atom stereocenters. The number of hydrogen-bond donors (Lipinski definition) is 2. The molecule has 0 heterocycles. The first kappa shape index (κ1) is 22.5. The fraction of sp³-hybridized carbons (Fsp3) is 0. The molecular weight excluding hydrogens is 438 g/mol. The van der Waals surface area contributed by atoms with Gasteiger partial charge < -0.3 is 9.94 Å². The summed E-state index contributed by atoms with van der Waals surface area (Å²) in [7, 11) is 0. The van der Waals surface area contributed by atoms with Crippen LogP contribution in [0, 0.1) is 20.2 Å². The van der Waals surface area contributed by atoms with Crippen LogP contribution in [-0.2, 0) is 4.84 Å². The van der Waals surface area contributed by atoms with Crippen LogP contribution in [0.5, 0.6) is 5.75 Å². The molecule has 0 aromatic heterocycles. The van der Waals surface area contributed by atoms with E-state index in [2.05, 4.69) is 15.7 Å². The Morgan fingerprint density at radius 1 is 0.909 bits per heavy atom. The zero-order valence-electron chi connectivity index (χ0n) is 16.4. The summed E-state index contributed by atoms with van der Waals surface area (Å²) in [5, 5.41) is 38.5.